The van der Waals surface area contributed by atoms with Gasteiger partial charge in [0.2, 0.25) is 5.91 Å². The monoisotopic (exact) mass is 294 g/mol. The van der Waals surface area contributed by atoms with Crippen molar-refractivity contribution in [1.29, 1.82) is 0 Å². The van der Waals surface area contributed by atoms with Gasteiger partial charge < -0.3 is 5.32 Å². The number of halogens is 1. The Morgan fingerprint density at radius 3 is 2.85 bits per heavy atom. The van der Waals surface area contributed by atoms with E-state index >= 15 is 0 Å². The molecule has 1 aliphatic rings. The van der Waals surface area contributed by atoms with Crippen LogP contribution < -0.4 is 5.32 Å². The summed E-state index contributed by atoms with van der Waals surface area (Å²) >= 11 is 6.22. The fourth-order valence-corrected chi connectivity index (χ4v) is 3.25. The molecule has 1 atom stereocenters. The lowest BCUT2D eigenvalue weighted by Gasteiger charge is -2.30. The summed E-state index contributed by atoms with van der Waals surface area (Å²) in [5.41, 5.74) is 2.86. The standard InChI is InChI=1S/C16H23ClN2O/c1-11-5-4-6-19(9-11)10-15(20)18-16-13(3)7-12(2)8-14(16)17/h7-8,11H,4-6,9-10H2,1-3H3,(H,18,20). The van der Waals surface area contributed by atoms with Gasteiger partial charge in [-0.1, -0.05) is 24.6 Å². The number of piperidine rings is 1. The zero-order chi connectivity index (χ0) is 14.7. The molecule has 1 unspecified atom stereocenters. The van der Waals surface area contributed by atoms with Gasteiger partial charge in [-0.05, 0) is 56.3 Å². The van der Waals surface area contributed by atoms with Crippen molar-refractivity contribution < 1.29 is 4.79 Å². The van der Waals surface area contributed by atoms with Crippen LogP contribution in [0.5, 0.6) is 0 Å². The number of rotatable bonds is 3. The highest BCUT2D eigenvalue weighted by atomic mass is 35.5. The lowest BCUT2D eigenvalue weighted by molar-refractivity contribution is -0.117. The van der Waals surface area contributed by atoms with Gasteiger partial charge >= 0.3 is 0 Å². The predicted molar refractivity (Wildman–Crippen MR) is 84.4 cm³/mol. The van der Waals surface area contributed by atoms with Crippen molar-refractivity contribution in [2.24, 2.45) is 5.92 Å². The third-order valence-corrected chi connectivity index (χ3v) is 4.10. The molecule has 0 aromatic heterocycles. The minimum atomic E-state index is 0.0213. The van der Waals surface area contributed by atoms with E-state index in [2.05, 4.69) is 17.1 Å². The van der Waals surface area contributed by atoms with Crippen molar-refractivity contribution in [2.75, 3.05) is 25.0 Å². The van der Waals surface area contributed by atoms with Crippen LogP contribution in [0.25, 0.3) is 0 Å². The molecule has 1 aromatic carbocycles. The highest BCUT2D eigenvalue weighted by Gasteiger charge is 2.19. The van der Waals surface area contributed by atoms with Crippen molar-refractivity contribution in [3.63, 3.8) is 0 Å². The first-order chi connectivity index (χ1) is 9.45. The molecule has 1 aliphatic heterocycles. The van der Waals surface area contributed by atoms with E-state index in [0.717, 1.165) is 29.9 Å². The Labute approximate surface area is 126 Å². The number of nitrogens with one attached hydrogen (secondary N) is 1. The van der Waals surface area contributed by atoms with E-state index in [0.29, 0.717) is 17.5 Å². The zero-order valence-corrected chi connectivity index (χ0v) is 13.3. The van der Waals surface area contributed by atoms with Gasteiger partial charge in [-0.2, -0.15) is 0 Å². The van der Waals surface area contributed by atoms with Crippen LogP contribution in [-0.2, 0) is 4.79 Å². The van der Waals surface area contributed by atoms with E-state index in [-0.39, 0.29) is 5.91 Å². The van der Waals surface area contributed by atoms with Gasteiger partial charge in [0.1, 0.15) is 0 Å². The Hall–Kier alpha value is -1.06. The molecular formula is C16H23ClN2O. The van der Waals surface area contributed by atoms with E-state index in [1.54, 1.807) is 0 Å². The normalized spacial score (nSPS) is 19.9. The van der Waals surface area contributed by atoms with Crippen LogP contribution in [0.4, 0.5) is 5.69 Å². The second-order valence-electron chi connectivity index (χ2n) is 5.97. The summed E-state index contributed by atoms with van der Waals surface area (Å²) in [6.45, 7) is 8.68. The summed E-state index contributed by atoms with van der Waals surface area (Å²) in [5.74, 6) is 0.703. The van der Waals surface area contributed by atoms with Crippen LogP contribution >= 0.6 is 11.6 Å². The minimum Gasteiger partial charge on any atom is -0.323 e. The molecule has 3 nitrogen and oxygen atoms in total. The summed E-state index contributed by atoms with van der Waals surface area (Å²) in [6.07, 6.45) is 2.44. The molecule has 0 radical (unpaired) electrons. The smallest absolute Gasteiger partial charge is 0.238 e. The maximum Gasteiger partial charge on any atom is 0.238 e. The number of hydrogen-bond acceptors (Lipinski definition) is 2. The highest BCUT2D eigenvalue weighted by Crippen LogP contribution is 2.27. The van der Waals surface area contributed by atoms with Crippen LogP contribution in [0.3, 0.4) is 0 Å². The summed E-state index contributed by atoms with van der Waals surface area (Å²) in [4.78, 5) is 14.4. The zero-order valence-electron chi connectivity index (χ0n) is 12.5. The first kappa shape index (κ1) is 15.3. The molecule has 0 spiro atoms. The van der Waals surface area contributed by atoms with E-state index < -0.39 is 0 Å². The molecular weight excluding hydrogens is 272 g/mol. The molecule has 4 heteroatoms. The third kappa shape index (κ3) is 3.97. The maximum absolute atomic E-state index is 12.2. The number of amides is 1. The second kappa shape index (κ2) is 6.59. The number of benzene rings is 1. The van der Waals surface area contributed by atoms with Gasteiger partial charge in [-0.3, -0.25) is 9.69 Å². The van der Waals surface area contributed by atoms with Crippen LogP contribution in [0.15, 0.2) is 12.1 Å². The minimum absolute atomic E-state index is 0.0213. The Kier molecular flexibility index (Phi) is 5.06. The largest absolute Gasteiger partial charge is 0.323 e. The van der Waals surface area contributed by atoms with Crippen LogP contribution in [0.2, 0.25) is 5.02 Å². The van der Waals surface area contributed by atoms with Gasteiger partial charge in [0, 0.05) is 6.54 Å². The second-order valence-corrected chi connectivity index (χ2v) is 6.38. The molecule has 0 bridgehead atoms. The van der Waals surface area contributed by atoms with Crippen molar-refractivity contribution in [3.05, 3.63) is 28.3 Å². The number of anilines is 1. The van der Waals surface area contributed by atoms with Gasteiger partial charge in [0.05, 0.1) is 17.3 Å². The first-order valence-electron chi connectivity index (χ1n) is 7.24. The van der Waals surface area contributed by atoms with Crippen LogP contribution in [-0.4, -0.2) is 30.4 Å². The number of likely N-dealkylation sites (tertiary alicyclic amines) is 1. The molecule has 1 saturated heterocycles. The number of carbonyl (C=O) groups excluding carboxylic acids is 1. The topological polar surface area (TPSA) is 32.3 Å². The van der Waals surface area contributed by atoms with Gasteiger partial charge in [-0.25, -0.2) is 0 Å². The van der Waals surface area contributed by atoms with Crippen molar-refractivity contribution in [3.8, 4) is 0 Å². The summed E-state index contributed by atoms with van der Waals surface area (Å²) < 4.78 is 0. The first-order valence-corrected chi connectivity index (χ1v) is 7.62. The number of aryl methyl sites for hydroxylation is 2. The molecule has 1 fully saturated rings. The molecule has 2 rings (SSSR count). The van der Waals surface area contributed by atoms with Crippen LogP contribution in [0, 0.1) is 19.8 Å². The Morgan fingerprint density at radius 2 is 2.20 bits per heavy atom. The molecule has 1 heterocycles. The lowest BCUT2D eigenvalue weighted by Crippen LogP contribution is -2.39. The average molecular weight is 295 g/mol. The quantitative estimate of drug-likeness (QED) is 0.923. The summed E-state index contributed by atoms with van der Waals surface area (Å²) in [7, 11) is 0. The molecule has 110 valence electrons. The number of nitrogens with zero attached hydrogens (tertiary/aromatic N) is 1. The molecule has 0 aliphatic carbocycles. The molecule has 1 aromatic rings. The van der Waals surface area contributed by atoms with Crippen molar-refractivity contribution in [1.82, 2.24) is 4.90 Å². The lowest BCUT2D eigenvalue weighted by atomic mass is 10.0. The average Bonchev–Trinajstić information content (AvgIpc) is 2.33. The fraction of sp³-hybridized carbons (Fsp3) is 0.562. The Morgan fingerprint density at radius 1 is 1.45 bits per heavy atom. The molecule has 1 N–H and O–H groups in total. The van der Waals surface area contributed by atoms with E-state index in [4.69, 9.17) is 11.6 Å². The SMILES string of the molecule is Cc1cc(C)c(NC(=O)CN2CCCC(C)C2)c(Cl)c1. The Bertz CT molecular complexity index is 478. The highest BCUT2D eigenvalue weighted by molar-refractivity contribution is 6.34. The summed E-state index contributed by atoms with van der Waals surface area (Å²) in [6, 6.07) is 3.91. The third-order valence-electron chi connectivity index (χ3n) is 3.80. The van der Waals surface area contributed by atoms with Crippen molar-refractivity contribution >= 4 is 23.2 Å². The molecule has 20 heavy (non-hydrogen) atoms. The maximum atomic E-state index is 12.2. The van der Waals surface area contributed by atoms with E-state index in [1.165, 1.54) is 12.8 Å². The molecule has 1 amide bonds. The van der Waals surface area contributed by atoms with Gasteiger partial charge in [-0.15, -0.1) is 0 Å². The van der Waals surface area contributed by atoms with E-state index in [9.17, 15) is 4.79 Å². The van der Waals surface area contributed by atoms with Gasteiger partial charge in [0.25, 0.3) is 0 Å². The van der Waals surface area contributed by atoms with E-state index in [1.807, 2.05) is 26.0 Å². The predicted octanol–water partition coefficient (Wildman–Crippen LogP) is 3.63. The van der Waals surface area contributed by atoms with Crippen molar-refractivity contribution in [2.45, 2.75) is 33.6 Å². The summed E-state index contributed by atoms with van der Waals surface area (Å²) in [5, 5.41) is 3.57. The van der Waals surface area contributed by atoms with Gasteiger partial charge in [0.15, 0.2) is 0 Å². The molecule has 0 saturated carbocycles. The number of hydrogen-bond donors (Lipinski definition) is 1. The Balaban J connectivity index is 1.98. The number of carbonyl (C=O) groups is 1. The fourth-order valence-electron chi connectivity index (χ4n) is 2.89. The van der Waals surface area contributed by atoms with Crippen LogP contribution in [0.1, 0.15) is 30.9 Å².